The van der Waals surface area contributed by atoms with Crippen molar-refractivity contribution >= 4 is 34.1 Å². The van der Waals surface area contributed by atoms with E-state index in [2.05, 4.69) is 4.90 Å². The molecule has 2 fully saturated rings. The minimum atomic E-state index is 0.0175. The maximum absolute atomic E-state index is 13.0. The van der Waals surface area contributed by atoms with Gasteiger partial charge in [-0.25, -0.2) is 4.98 Å². The van der Waals surface area contributed by atoms with Gasteiger partial charge in [-0.3, -0.25) is 14.2 Å². The highest BCUT2D eigenvalue weighted by atomic mass is 35.5. The fourth-order valence-corrected chi connectivity index (χ4v) is 4.61. The number of hydrogen-bond acceptors (Lipinski definition) is 4. The SMILES string of the molecule is O=C(CCc1nc2ccccc2c(=O)n1C1CC1)N1CCN(c2ccccc2Cl)CC1. The van der Waals surface area contributed by atoms with Crippen molar-refractivity contribution in [2.75, 3.05) is 31.1 Å². The molecule has 1 amide bonds. The number of aryl methyl sites for hydroxylation is 1. The van der Waals surface area contributed by atoms with Gasteiger partial charge in [0.25, 0.3) is 5.56 Å². The topological polar surface area (TPSA) is 58.4 Å². The molecule has 0 spiro atoms. The molecule has 5 rings (SSSR count). The van der Waals surface area contributed by atoms with Crippen molar-refractivity contribution in [3.63, 3.8) is 0 Å². The molecule has 1 aliphatic carbocycles. The third kappa shape index (κ3) is 4.04. The number of aromatic nitrogens is 2. The number of rotatable bonds is 5. The van der Waals surface area contributed by atoms with E-state index in [0.29, 0.717) is 36.8 Å². The Morgan fingerprint density at radius 3 is 2.45 bits per heavy atom. The molecule has 0 bridgehead atoms. The van der Waals surface area contributed by atoms with Crippen LogP contribution in [0.5, 0.6) is 0 Å². The number of piperazine rings is 1. The van der Waals surface area contributed by atoms with Gasteiger partial charge in [-0.15, -0.1) is 0 Å². The largest absolute Gasteiger partial charge is 0.367 e. The first-order valence-corrected chi connectivity index (χ1v) is 11.3. The first kappa shape index (κ1) is 20.1. The monoisotopic (exact) mass is 436 g/mol. The quantitative estimate of drug-likeness (QED) is 0.612. The Morgan fingerprint density at radius 1 is 1.00 bits per heavy atom. The van der Waals surface area contributed by atoms with Gasteiger partial charge >= 0.3 is 0 Å². The number of halogens is 1. The number of para-hydroxylation sites is 2. The van der Waals surface area contributed by atoms with E-state index in [1.165, 1.54) is 0 Å². The van der Waals surface area contributed by atoms with Crippen molar-refractivity contribution in [1.29, 1.82) is 0 Å². The summed E-state index contributed by atoms with van der Waals surface area (Å²) in [5.41, 5.74) is 1.74. The van der Waals surface area contributed by atoms with Gasteiger partial charge in [-0.2, -0.15) is 0 Å². The highest BCUT2D eigenvalue weighted by molar-refractivity contribution is 6.33. The van der Waals surface area contributed by atoms with Crippen molar-refractivity contribution in [2.45, 2.75) is 31.7 Å². The first-order valence-electron chi connectivity index (χ1n) is 10.9. The summed E-state index contributed by atoms with van der Waals surface area (Å²) in [6, 6.07) is 15.5. The molecule has 1 saturated carbocycles. The fraction of sp³-hybridized carbons (Fsp3) is 0.375. The number of benzene rings is 2. The number of anilines is 1. The van der Waals surface area contributed by atoms with Gasteiger partial charge in [-0.05, 0) is 37.1 Å². The van der Waals surface area contributed by atoms with Gasteiger partial charge in [0.15, 0.2) is 0 Å². The highest BCUT2D eigenvalue weighted by Gasteiger charge is 2.29. The van der Waals surface area contributed by atoms with E-state index in [0.717, 1.165) is 42.5 Å². The summed E-state index contributed by atoms with van der Waals surface area (Å²) in [6.45, 7) is 2.86. The maximum atomic E-state index is 13.0. The average molecular weight is 437 g/mol. The van der Waals surface area contributed by atoms with E-state index in [1.54, 1.807) is 0 Å². The lowest BCUT2D eigenvalue weighted by atomic mass is 10.2. The summed E-state index contributed by atoms with van der Waals surface area (Å²) in [7, 11) is 0. The summed E-state index contributed by atoms with van der Waals surface area (Å²) < 4.78 is 1.82. The third-order valence-corrected chi connectivity index (χ3v) is 6.50. The predicted molar refractivity (Wildman–Crippen MR) is 123 cm³/mol. The molecule has 1 aliphatic heterocycles. The van der Waals surface area contributed by atoms with Gasteiger partial charge in [0, 0.05) is 45.1 Å². The van der Waals surface area contributed by atoms with Crippen LogP contribution in [0.25, 0.3) is 10.9 Å². The van der Waals surface area contributed by atoms with E-state index in [-0.39, 0.29) is 17.5 Å². The number of fused-ring (bicyclic) bond motifs is 1. The van der Waals surface area contributed by atoms with Gasteiger partial charge in [0.1, 0.15) is 5.82 Å². The molecule has 2 heterocycles. The number of amides is 1. The Labute approximate surface area is 186 Å². The third-order valence-electron chi connectivity index (χ3n) is 6.18. The average Bonchev–Trinajstić information content (AvgIpc) is 3.63. The zero-order chi connectivity index (χ0) is 21.4. The van der Waals surface area contributed by atoms with E-state index in [4.69, 9.17) is 16.6 Å². The van der Waals surface area contributed by atoms with Crippen LogP contribution in [0.1, 0.15) is 31.1 Å². The van der Waals surface area contributed by atoms with Crippen LogP contribution in [0, 0.1) is 0 Å². The van der Waals surface area contributed by atoms with Gasteiger partial charge in [-0.1, -0.05) is 35.9 Å². The minimum Gasteiger partial charge on any atom is -0.367 e. The zero-order valence-corrected chi connectivity index (χ0v) is 18.1. The Kier molecular flexibility index (Phi) is 5.40. The molecular formula is C24H25ClN4O2. The lowest BCUT2D eigenvalue weighted by molar-refractivity contribution is -0.131. The molecule has 0 atom stereocenters. The predicted octanol–water partition coefficient (Wildman–Crippen LogP) is 3.67. The standard InChI is InChI=1S/C24H25ClN4O2/c25-19-6-2-4-8-21(19)27-13-15-28(16-14-27)23(30)12-11-22-26-20-7-3-1-5-18(20)24(31)29(22)17-9-10-17/h1-8,17H,9-16H2. The Bertz CT molecular complexity index is 1180. The van der Waals surface area contributed by atoms with Crippen molar-refractivity contribution in [3.05, 3.63) is 69.7 Å². The second-order valence-electron chi connectivity index (χ2n) is 8.27. The van der Waals surface area contributed by atoms with Gasteiger partial charge in [0.2, 0.25) is 5.91 Å². The van der Waals surface area contributed by atoms with E-state index < -0.39 is 0 Å². The summed E-state index contributed by atoms with van der Waals surface area (Å²) in [5, 5.41) is 1.39. The summed E-state index contributed by atoms with van der Waals surface area (Å²) >= 11 is 6.32. The van der Waals surface area contributed by atoms with Crippen LogP contribution < -0.4 is 10.5 Å². The van der Waals surface area contributed by atoms with Crippen LogP contribution in [-0.2, 0) is 11.2 Å². The van der Waals surface area contributed by atoms with Crippen molar-refractivity contribution in [2.24, 2.45) is 0 Å². The molecule has 2 aliphatic rings. The fourth-order valence-electron chi connectivity index (χ4n) is 4.36. The van der Waals surface area contributed by atoms with E-state index >= 15 is 0 Å². The van der Waals surface area contributed by atoms with Crippen LogP contribution in [0.4, 0.5) is 5.69 Å². The molecule has 2 aromatic carbocycles. The summed E-state index contributed by atoms with van der Waals surface area (Å²) in [6.07, 6.45) is 2.86. The Morgan fingerprint density at radius 2 is 1.71 bits per heavy atom. The smallest absolute Gasteiger partial charge is 0.261 e. The summed E-state index contributed by atoms with van der Waals surface area (Å²) in [5.74, 6) is 0.845. The highest BCUT2D eigenvalue weighted by Crippen LogP contribution is 2.35. The maximum Gasteiger partial charge on any atom is 0.261 e. The van der Waals surface area contributed by atoms with E-state index in [9.17, 15) is 9.59 Å². The first-order chi connectivity index (χ1) is 15.1. The van der Waals surface area contributed by atoms with Crippen LogP contribution in [0.2, 0.25) is 5.02 Å². The second kappa shape index (κ2) is 8.35. The van der Waals surface area contributed by atoms with Crippen molar-refractivity contribution in [1.82, 2.24) is 14.5 Å². The van der Waals surface area contributed by atoms with Crippen LogP contribution in [0.15, 0.2) is 53.3 Å². The number of nitrogens with zero attached hydrogens (tertiary/aromatic N) is 4. The van der Waals surface area contributed by atoms with Gasteiger partial charge in [0.05, 0.1) is 21.6 Å². The normalized spacial score (nSPS) is 16.7. The zero-order valence-electron chi connectivity index (χ0n) is 17.3. The Hall–Kier alpha value is -2.86. The van der Waals surface area contributed by atoms with Crippen molar-refractivity contribution < 1.29 is 4.79 Å². The van der Waals surface area contributed by atoms with Crippen LogP contribution in [0.3, 0.4) is 0 Å². The van der Waals surface area contributed by atoms with E-state index in [1.807, 2.05) is 58.0 Å². The molecule has 0 radical (unpaired) electrons. The number of carbonyl (C=O) groups excluding carboxylic acids is 1. The molecule has 6 nitrogen and oxygen atoms in total. The Balaban J connectivity index is 1.26. The molecule has 160 valence electrons. The lowest BCUT2D eigenvalue weighted by Crippen LogP contribution is -2.49. The number of hydrogen-bond donors (Lipinski definition) is 0. The molecule has 1 saturated heterocycles. The minimum absolute atomic E-state index is 0.0175. The lowest BCUT2D eigenvalue weighted by Gasteiger charge is -2.36. The molecule has 0 unspecified atom stereocenters. The molecular weight excluding hydrogens is 412 g/mol. The number of carbonyl (C=O) groups is 1. The summed E-state index contributed by atoms with van der Waals surface area (Å²) in [4.78, 5) is 34.8. The molecule has 3 aromatic rings. The van der Waals surface area contributed by atoms with Crippen molar-refractivity contribution in [3.8, 4) is 0 Å². The van der Waals surface area contributed by atoms with Crippen LogP contribution >= 0.6 is 11.6 Å². The molecule has 7 heteroatoms. The molecule has 31 heavy (non-hydrogen) atoms. The molecule has 0 N–H and O–H groups in total. The van der Waals surface area contributed by atoms with Gasteiger partial charge < -0.3 is 9.80 Å². The van der Waals surface area contributed by atoms with Crippen LogP contribution in [-0.4, -0.2) is 46.5 Å². The second-order valence-corrected chi connectivity index (χ2v) is 8.68. The molecule has 1 aromatic heterocycles.